The summed E-state index contributed by atoms with van der Waals surface area (Å²) in [7, 11) is 0. The quantitative estimate of drug-likeness (QED) is 0.157. The van der Waals surface area contributed by atoms with Crippen LogP contribution < -0.4 is 50.6 Å². The molecule has 0 aliphatic rings. The maximum Gasteiger partial charge on any atom is 1.00 e. The van der Waals surface area contributed by atoms with Gasteiger partial charge in [-0.15, -0.1) is 0 Å². The van der Waals surface area contributed by atoms with Crippen molar-refractivity contribution in [1.82, 2.24) is 16.0 Å². The predicted octanol–water partition coefficient (Wildman–Crippen LogP) is -0.587. The number of carbonyl (C=O) groups is 3. The van der Waals surface area contributed by atoms with Gasteiger partial charge in [0.25, 0.3) is 0 Å². The normalized spacial score (nSPS) is 10.4. The van der Waals surface area contributed by atoms with Crippen LogP contribution in [0.3, 0.4) is 0 Å². The number of unbranched alkanes of at least 4 members (excludes halogenated alkanes) is 9. The maximum absolute atomic E-state index is 11.3. The molecule has 0 radical (unpaired) electrons. The fourth-order valence-corrected chi connectivity index (χ4v) is 2.74. The largest absolute Gasteiger partial charge is 1.00 e. The molecule has 0 rings (SSSR count). The Balaban J connectivity index is 0. The Kier molecular flexibility index (Phi) is 24.1. The molecule has 3 amide bonds. The third-order valence-electron chi connectivity index (χ3n) is 4.29. The van der Waals surface area contributed by atoms with E-state index in [0.29, 0.717) is 13.0 Å². The summed E-state index contributed by atoms with van der Waals surface area (Å²) in [6, 6.07) is -0.0861. The Morgan fingerprint density at radius 1 is 0.759 bits per heavy atom. The minimum absolute atomic E-state index is 0. The number of urea groups is 1. The second-order valence-electron chi connectivity index (χ2n) is 6.92. The van der Waals surface area contributed by atoms with Crippen molar-refractivity contribution in [2.24, 2.45) is 0 Å². The fourth-order valence-electron chi connectivity index (χ4n) is 2.74. The Labute approximate surface area is 198 Å². The number of hydrogen-bond acceptors (Lipinski definition) is 4. The van der Waals surface area contributed by atoms with Gasteiger partial charge in [0.15, 0.2) is 0 Å². The third kappa shape index (κ3) is 24.9. The van der Waals surface area contributed by atoms with E-state index in [1.807, 2.05) is 6.92 Å². The van der Waals surface area contributed by atoms with Crippen molar-refractivity contribution >= 4 is 17.9 Å². The summed E-state index contributed by atoms with van der Waals surface area (Å²) in [5.41, 5.74) is 0. The van der Waals surface area contributed by atoms with E-state index < -0.39 is 12.5 Å². The predicted molar refractivity (Wildman–Crippen MR) is 110 cm³/mol. The van der Waals surface area contributed by atoms with Gasteiger partial charge in [-0.3, -0.25) is 4.79 Å². The van der Waals surface area contributed by atoms with Gasteiger partial charge in [-0.25, -0.2) is 4.79 Å². The average molecular weight is 420 g/mol. The minimum atomic E-state index is -1.26. The van der Waals surface area contributed by atoms with Gasteiger partial charge in [0.1, 0.15) is 0 Å². The van der Waals surface area contributed by atoms with Crippen molar-refractivity contribution in [2.45, 2.75) is 84.0 Å². The van der Waals surface area contributed by atoms with Crippen LogP contribution in [0.2, 0.25) is 0 Å². The number of amides is 3. The molecule has 0 aliphatic heterocycles. The minimum Gasteiger partial charge on any atom is -0.548 e. The fraction of sp³-hybridized carbons (Fsp3) is 0.762. The van der Waals surface area contributed by atoms with Crippen molar-refractivity contribution < 1.29 is 49.0 Å². The molecule has 0 saturated heterocycles. The van der Waals surface area contributed by atoms with E-state index in [1.165, 1.54) is 25.7 Å². The van der Waals surface area contributed by atoms with E-state index in [0.717, 1.165) is 51.5 Å². The van der Waals surface area contributed by atoms with Gasteiger partial charge in [-0.1, -0.05) is 44.3 Å². The number of allylic oxidation sites excluding steroid dienone is 2. The molecule has 0 aliphatic carbocycles. The number of aliphatic carboxylic acids is 1. The van der Waals surface area contributed by atoms with Crippen molar-refractivity contribution in [3.8, 4) is 0 Å². The van der Waals surface area contributed by atoms with Crippen LogP contribution in [0.4, 0.5) is 4.79 Å². The maximum atomic E-state index is 11.3. The van der Waals surface area contributed by atoms with Crippen LogP contribution in [0.25, 0.3) is 0 Å². The van der Waals surface area contributed by atoms with E-state index in [1.54, 1.807) is 0 Å². The Morgan fingerprint density at radius 2 is 1.31 bits per heavy atom. The van der Waals surface area contributed by atoms with Gasteiger partial charge in [0.05, 0.1) is 12.5 Å². The number of nitrogens with one attached hydrogen (secondary N) is 3. The van der Waals surface area contributed by atoms with Gasteiger partial charge in [-0.05, 0) is 45.4 Å². The van der Waals surface area contributed by atoms with Gasteiger partial charge in [0, 0.05) is 19.5 Å². The van der Waals surface area contributed by atoms with E-state index >= 15 is 0 Å². The first-order chi connectivity index (χ1) is 13.6. The summed E-state index contributed by atoms with van der Waals surface area (Å²) in [6.07, 6.45) is 16.9. The molecule has 0 unspecified atom stereocenters. The molecule has 0 aromatic heterocycles. The zero-order valence-corrected chi connectivity index (χ0v) is 20.4. The molecular formula is C21H38N3NaO4. The molecule has 162 valence electrons. The molecule has 0 bridgehead atoms. The van der Waals surface area contributed by atoms with E-state index in [4.69, 9.17) is 0 Å². The summed E-state index contributed by atoms with van der Waals surface area (Å²) >= 11 is 0. The standard InChI is InChI=1S/C21H39N3O4.Na/c1-2-22-21(28)23-17-15-13-11-9-7-5-3-4-6-8-10-12-14-16-19(25)24-18-20(26)27;/h7,9H,2-6,8,10-18H2,1H3,(H,24,25)(H,26,27)(H2,22,23,28);/q;+1/p-1/b9-7-;. The van der Waals surface area contributed by atoms with Crippen molar-refractivity contribution in [2.75, 3.05) is 19.6 Å². The van der Waals surface area contributed by atoms with Crippen LogP contribution in [0.15, 0.2) is 12.2 Å². The first-order valence-corrected chi connectivity index (χ1v) is 10.7. The molecule has 0 fully saturated rings. The van der Waals surface area contributed by atoms with Crippen molar-refractivity contribution in [1.29, 1.82) is 0 Å². The molecule has 29 heavy (non-hydrogen) atoms. The van der Waals surface area contributed by atoms with E-state index in [-0.39, 0.29) is 41.5 Å². The second kappa shape index (κ2) is 23.2. The smallest absolute Gasteiger partial charge is 0.548 e. The van der Waals surface area contributed by atoms with E-state index in [2.05, 4.69) is 28.1 Å². The molecule has 0 aromatic rings. The van der Waals surface area contributed by atoms with Gasteiger partial charge in [0.2, 0.25) is 5.91 Å². The van der Waals surface area contributed by atoms with Crippen molar-refractivity contribution in [3.05, 3.63) is 12.2 Å². The molecule has 7 nitrogen and oxygen atoms in total. The van der Waals surface area contributed by atoms with Crippen LogP contribution in [-0.4, -0.2) is 37.5 Å². The Morgan fingerprint density at radius 3 is 1.90 bits per heavy atom. The van der Waals surface area contributed by atoms with Crippen LogP contribution in [0.5, 0.6) is 0 Å². The van der Waals surface area contributed by atoms with Crippen LogP contribution in [0.1, 0.15) is 84.0 Å². The number of carbonyl (C=O) groups excluding carboxylic acids is 3. The summed E-state index contributed by atoms with van der Waals surface area (Å²) in [5.74, 6) is -1.47. The number of hydrogen-bond donors (Lipinski definition) is 3. The van der Waals surface area contributed by atoms with Gasteiger partial charge >= 0.3 is 35.6 Å². The summed E-state index contributed by atoms with van der Waals surface area (Å²) in [5, 5.41) is 18.1. The summed E-state index contributed by atoms with van der Waals surface area (Å²) < 4.78 is 0. The summed E-state index contributed by atoms with van der Waals surface area (Å²) in [4.78, 5) is 32.7. The first kappa shape index (κ1) is 30.1. The Hall–Kier alpha value is -1.05. The zero-order chi connectivity index (χ0) is 20.9. The molecule has 3 N–H and O–H groups in total. The monoisotopic (exact) mass is 419 g/mol. The number of carboxylic acid groups (broad SMARTS) is 1. The van der Waals surface area contributed by atoms with Crippen LogP contribution in [-0.2, 0) is 9.59 Å². The second-order valence-corrected chi connectivity index (χ2v) is 6.92. The number of rotatable bonds is 18. The molecule has 0 saturated carbocycles. The zero-order valence-electron chi connectivity index (χ0n) is 18.4. The average Bonchev–Trinajstić information content (AvgIpc) is 2.66. The van der Waals surface area contributed by atoms with Crippen LogP contribution in [0, 0.1) is 0 Å². The van der Waals surface area contributed by atoms with E-state index in [9.17, 15) is 19.5 Å². The topological polar surface area (TPSA) is 110 Å². The molecule has 0 spiro atoms. The molecule has 0 heterocycles. The van der Waals surface area contributed by atoms with Crippen molar-refractivity contribution in [3.63, 3.8) is 0 Å². The van der Waals surface area contributed by atoms with Crippen LogP contribution >= 0.6 is 0 Å². The SMILES string of the molecule is CCNC(=O)NCCCC/C=C\CCCCCCCCCC(=O)NCC(=O)[O-].[Na+]. The summed E-state index contributed by atoms with van der Waals surface area (Å²) in [6.45, 7) is 2.88. The molecular weight excluding hydrogens is 381 g/mol. The third-order valence-corrected chi connectivity index (χ3v) is 4.29. The first-order valence-electron chi connectivity index (χ1n) is 10.7. The Bertz CT molecular complexity index is 459. The van der Waals surface area contributed by atoms with Gasteiger partial charge in [-0.2, -0.15) is 0 Å². The van der Waals surface area contributed by atoms with Gasteiger partial charge < -0.3 is 25.9 Å². The number of carboxylic acids is 1. The molecule has 0 atom stereocenters. The molecule has 0 aromatic carbocycles. The molecule has 8 heteroatoms.